The number of rotatable bonds is 4. The maximum atomic E-state index is 12.4. The highest BCUT2D eigenvalue weighted by molar-refractivity contribution is 6.08. The maximum absolute atomic E-state index is 12.4. The van der Waals surface area contributed by atoms with Gasteiger partial charge in [0.15, 0.2) is 0 Å². The van der Waals surface area contributed by atoms with E-state index in [1.165, 1.54) is 0 Å². The van der Waals surface area contributed by atoms with Crippen molar-refractivity contribution in [2.75, 3.05) is 17.2 Å². The van der Waals surface area contributed by atoms with Gasteiger partial charge in [-0.05, 0) is 50.1 Å². The molecule has 0 aliphatic heterocycles. The molecule has 1 aromatic heterocycles. The highest BCUT2D eigenvalue weighted by Gasteiger charge is 2.11. The molecule has 0 bridgehead atoms. The number of nitrogens with zero attached hydrogens (tertiary/aromatic N) is 1. The van der Waals surface area contributed by atoms with E-state index in [1.807, 2.05) is 45.0 Å². The van der Waals surface area contributed by atoms with Gasteiger partial charge in [-0.25, -0.2) is 0 Å². The summed E-state index contributed by atoms with van der Waals surface area (Å²) < 4.78 is 0. The van der Waals surface area contributed by atoms with Crippen LogP contribution in [0.25, 0.3) is 0 Å². The number of pyridine rings is 1. The lowest BCUT2D eigenvalue weighted by atomic mass is 10.1. The first-order valence-corrected chi connectivity index (χ1v) is 6.67. The Bertz CT molecular complexity index is 623. The van der Waals surface area contributed by atoms with Crippen LogP contribution in [0.5, 0.6) is 0 Å². The van der Waals surface area contributed by atoms with Gasteiger partial charge in [-0.3, -0.25) is 9.78 Å². The van der Waals surface area contributed by atoms with E-state index in [4.69, 9.17) is 0 Å². The fraction of sp³-hybridized carbons (Fsp3) is 0.250. The van der Waals surface area contributed by atoms with Crippen LogP contribution in [0.15, 0.2) is 36.7 Å². The summed E-state index contributed by atoms with van der Waals surface area (Å²) in [5.41, 5.74) is 4.33. The van der Waals surface area contributed by atoms with Crippen LogP contribution in [0.2, 0.25) is 0 Å². The Morgan fingerprint density at radius 1 is 1.15 bits per heavy atom. The third kappa shape index (κ3) is 3.35. The third-order valence-corrected chi connectivity index (χ3v) is 2.92. The van der Waals surface area contributed by atoms with E-state index in [-0.39, 0.29) is 5.91 Å². The Balaban J connectivity index is 2.24. The molecule has 0 unspecified atom stereocenters. The van der Waals surface area contributed by atoms with Crippen molar-refractivity contribution in [1.29, 1.82) is 0 Å². The Kier molecular flexibility index (Phi) is 4.35. The summed E-state index contributed by atoms with van der Waals surface area (Å²) in [4.78, 5) is 16.4. The first-order valence-electron chi connectivity index (χ1n) is 6.67. The van der Waals surface area contributed by atoms with Crippen LogP contribution in [-0.4, -0.2) is 17.4 Å². The number of anilines is 2. The zero-order valence-electron chi connectivity index (χ0n) is 12.0. The normalized spacial score (nSPS) is 10.2. The first kappa shape index (κ1) is 14.1. The minimum absolute atomic E-state index is 0.131. The number of nitrogens with one attached hydrogen (secondary N) is 2. The summed E-state index contributed by atoms with van der Waals surface area (Å²) in [7, 11) is 0. The van der Waals surface area contributed by atoms with Crippen LogP contribution in [0, 0.1) is 13.8 Å². The van der Waals surface area contributed by atoms with Gasteiger partial charge in [0.1, 0.15) is 0 Å². The second-order valence-electron chi connectivity index (χ2n) is 4.78. The van der Waals surface area contributed by atoms with Gasteiger partial charge >= 0.3 is 0 Å². The lowest BCUT2D eigenvalue weighted by Crippen LogP contribution is -2.15. The maximum Gasteiger partial charge on any atom is 0.257 e. The third-order valence-electron chi connectivity index (χ3n) is 2.92. The summed E-state index contributed by atoms with van der Waals surface area (Å²) in [6.07, 6.45) is 3.40. The molecule has 1 heterocycles. The van der Waals surface area contributed by atoms with Crippen LogP contribution >= 0.6 is 0 Å². The topological polar surface area (TPSA) is 54.0 Å². The molecule has 4 heteroatoms. The Morgan fingerprint density at radius 2 is 1.95 bits per heavy atom. The highest BCUT2D eigenvalue weighted by Crippen LogP contribution is 2.19. The van der Waals surface area contributed by atoms with E-state index in [9.17, 15) is 4.79 Å². The van der Waals surface area contributed by atoms with E-state index in [1.54, 1.807) is 12.4 Å². The number of carbonyl (C=O) groups excluding carboxylic acids is 1. The molecule has 0 radical (unpaired) electrons. The zero-order valence-corrected chi connectivity index (χ0v) is 12.0. The standard InChI is InChI=1S/C16H19N3O/c1-4-18-15-8-11(2)5-6-14(15)16(20)19-13-7-12(3)9-17-10-13/h5-10,18H,4H2,1-3H3,(H,19,20). The molecule has 0 aliphatic carbocycles. The van der Waals surface area contributed by atoms with E-state index in [0.717, 1.165) is 23.4 Å². The molecule has 2 N–H and O–H groups in total. The minimum atomic E-state index is -0.131. The minimum Gasteiger partial charge on any atom is -0.385 e. The molecule has 0 spiro atoms. The van der Waals surface area contributed by atoms with Crippen LogP contribution in [0.4, 0.5) is 11.4 Å². The van der Waals surface area contributed by atoms with Gasteiger partial charge in [0.05, 0.1) is 17.4 Å². The molecule has 0 aliphatic rings. The van der Waals surface area contributed by atoms with Crippen LogP contribution in [0.1, 0.15) is 28.4 Å². The molecule has 2 rings (SSSR count). The molecule has 1 aromatic carbocycles. The van der Waals surface area contributed by atoms with Crippen molar-refractivity contribution < 1.29 is 4.79 Å². The summed E-state index contributed by atoms with van der Waals surface area (Å²) in [5, 5.41) is 6.09. The molecule has 0 fully saturated rings. The number of aromatic nitrogens is 1. The van der Waals surface area contributed by atoms with Crippen molar-refractivity contribution in [3.8, 4) is 0 Å². The van der Waals surface area contributed by atoms with Gasteiger partial charge in [-0.15, -0.1) is 0 Å². The number of amides is 1. The highest BCUT2D eigenvalue weighted by atomic mass is 16.1. The molecular formula is C16H19N3O. The first-order chi connectivity index (χ1) is 9.60. The molecule has 20 heavy (non-hydrogen) atoms. The number of aryl methyl sites for hydroxylation is 2. The fourth-order valence-corrected chi connectivity index (χ4v) is 2.01. The quantitative estimate of drug-likeness (QED) is 0.894. The van der Waals surface area contributed by atoms with Gasteiger partial charge in [-0.2, -0.15) is 0 Å². The van der Waals surface area contributed by atoms with Crippen LogP contribution < -0.4 is 10.6 Å². The Labute approximate surface area is 119 Å². The van der Waals surface area contributed by atoms with E-state index in [2.05, 4.69) is 15.6 Å². The molecule has 0 atom stereocenters. The van der Waals surface area contributed by atoms with Gasteiger partial charge in [-0.1, -0.05) is 6.07 Å². The molecule has 0 saturated heterocycles. The monoisotopic (exact) mass is 269 g/mol. The SMILES string of the molecule is CCNc1cc(C)ccc1C(=O)Nc1cncc(C)c1. The van der Waals surface area contributed by atoms with Gasteiger partial charge in [0, 0.05) is 18.4 Å². The number of hydrogen-bond donors (Lipinski definition) is 2. The second-order valence-corrected chi connectivity index (χ2v) is 4.78. The second kappa shape index (κ2) is 6.19. The van der Waals surface area contributed by atoms with Crippen molar-refractivity contribution >= 4 is 17.3 Å². The largest absolute Gasteiger partial charge is 0.385 e. The van der Waals surface area contributed by atoms with Crippen molar-refractivity contribution in [3.05, 3.63) is 53.3 Å². The van der Waals surface area contributed by atoms with Gasteiger partial charge in [0.25, 0.3) is 5.91 Å². The van der Waals surface area contributed by atoms with Crippen molar-refractivity contribution in [1.82, 2.24) is 4.98 Å². The molecule has 0 saturated carbocycles. The fourth-order valence-electron chi connectivity index (χ4n) is 2.01. The Morgan fingerprint density at radius 3 is 2.65 bits per heavy atom. The van der Waals surface area contributed by atoms with Crippen molar-refractivity contribution in [3.63, 3.8) is 0 Å². The Hall–Kier alpha value is -2.36. The van der Waals surface area contributed by atoms with Crippen molar-refractivity contribution in [2.45, 2.75) is 20.8 Å². The van der Waals surface area contributed by atoms with Gasteiger partial charge < -0.3 is 10.6 Å². The number of benzene rings is 1. The van der Waals surface area contributed by atoms with Crippen LogP contribution in [0.3, 0.4) is 0 Å². The average Bonchev–Trinajstić information content (AvgIpc) is 2.39. The van der Waals surface area contributed by atoms with E-state index < -0.39 is 0 Å². The lowest BCUT2D eigenvalue weighted by Gasteiger charge is -2.12. The predicted octanol–water partition coefficient (Wildman–Crippen LogP) is 3.38. The average molecular weight is 269 g/mol. The lowest BCUT2D eigenvalue weighted by molar-refractivity contribution is 0.102. The predicted molar refractivity (Wildman–Crippen MR) is 82.3 cm³/mol. The number of carbonyl (C=O) groups is 1. The molecule has 2 aromatic rings. The van der Waals surface area contributed by atoms with Gasteiger partial charge in [0.2, 0.25) is 0 Å². The summed E-state index contributed by atoms with van der Waals surface area (Å²) in [6.45, 7) is 6.73. The molecule has 104 valence electrons. The van der Waals surface area contributed by atoms with E-state index >= 15 is 0 Å². The molecule has 1 amide bonds. The molecular weight excluding hydrogens is 250 g/mol. The summed E-state index contributed by atoms with van der Waals surface area (Å²) in [5.74, 6) is -0.131. The van der Waals surface area contributed by atoms with E-state index in [0.29, 0.717) is 11.3 Å². The zero-order chi connectivity index (χ0) is 14.5. The summed E-state index contributed by atoms with van der Waals surface area (Å²) in [6, 6.07) is 7.65. The number of hydrogen-bond acceptors (Lipinski definition) is 3. The summed E-state index contributed by atoms with van der Waals surface area (Å²) >= 11 is 0. The molecule has 4 nitrogen and oxygen atoms in total. The van der Waals surface area contributed by atoms with Crippen molar-refractivity contribution in [2.24, 2.45) is 0 Å². The smallest absolute Gasteiger partial charge is 0.257 e. The van der Waals surface area contributed by atoms with Crippen LogP contribution in [-0.2, 0) is 0 Å².